The third-order valence-corrected chi connectivity index (χ3v) is 5.94. The topological polar surface area (TPSA) is 222 Å². The van der Waals surface area contributed by atoms with E-state index in [1.807, 2.05) is 0 Å². The molecular weight excluding hydrogens is 448 g/mol. The number of carbonyl (C=O) groups is 1. The number of phenols is 2. The quantitative estimate of drug-likeness (QED) is 0.169. The highest BCUT2D eigenvalue weighted by Gasteiger charge is 2.21. The molecule has 1 heterocycles. The molecule has 0 unspecified atom stereocenters. The van der Waals surface area contributed by atoms with E-state index in [-0.39, 0.29) is 44.6 Å². The summed E-state index contributed by atoms with van der Waals surface area (Å²) in [6, 6.07) is 10.7. The second-order valence-electron chi connectivity index (χ2n) is 7.24. The number of aromatic hydroxyl groups is 2. The van der Waals surface area contributed by atoms with E-state index in [0.717, 1.165) is 18.2 Å². The van der Waals surface area contributed by atoms with Gasteiger partial charge in [-0.2, -0.15) is 0 Å². The number of aromatic amines is 1. The smallest absolute Gasteiger partial charge is 0.248 e. The summed E-state index contributed by atoms with van der Waals surface area (Å²) in [7, 11) is -4.11. The average molecular weight is 466 g/mol. The van der Waals surface area contributed by atoms with Crippen molar-refractivity contribution in [3.05, 3.63) is 59.7 Å². The minimum Gasteiger partial charge on any atom is -0.507 e. The Kier molecular flexibility index (Phi) is 5.03. The Morgan fingerprint density at radius 1 is 0.939 bits per heavy atom. The fraction of sp³-hybridized carbons (Fsp3) is 0. The van der Waals surface area contributed by atoms with E-state index in [2.05, 4.69) is 9.97 Å². The second kappa shape index (κ2) is 7.62. The predicted octanol–water partition coefficient (Wildman–Crippen LogP) is 1.34. The summed E-state index contributed by atoms with van der Waals surface area (Å²) < 4.78 is 23.5. The number of benzene rings is 3. The maximum Gasteiger partial charge on any atom is 0.248 e. The molecule has 0 aliphatic rings. The number of fused-ring (bicyclic) bond motifs is 1. The number of aromatic nitrogens is 2. The zero-order valence-corrected chi connectivity index (χ0v) is 17.6. The molecule has 0 saturated heterocycles. The zero-order valence-electron chi connectivity index (χ0n) is 16.8. The van der Waals surface area contributed by atoms with Crippen LogP contribution in [0.1, 0.15) is 15.9 Å². The van der Waals surface area contributed by atoms with E-state index in [4.69, 9.17) is 22.0 Å². The van der Waals surface area contributed by atoms with Gasteiger partial charge in [-0.15, -0.1) is 0 Å². The van der Waals surface area contributed by atoms with Crippen molar-refractivity contribution < 1.29 is 23.4 Å². The Bertz CT molecular complexity index is 1580. The fourth-order valence-electron chi connectivity index (χ4n) is 3.37. The van der Waals surface area contributed by atoms with Crippen LogP contribution in [0.5, 0.6) is 11.5 Å². The number of primary amides is 1. The molecule has 33 heavy (non-hydrogen) atoms. The van der Waals surface area contributed by atoms with E-state index < -0.39 is 21.7 Å². The molecular formula is C21H18N6O5S. The molecule has 12 heteroatoms. The Hall–Kier alpha value is -4.42. The third-order valence-electron chi connectivity index (χ3n) is 5.03. The van der Waals surface area contributed by atoms with Gasteiger partial charge < -0.3 is 26.7 Å². The van der Waals surface area contributed by atoms with Crippen LogP contribution in [0.25, 0.3) is 33.5 Å². The lowest BCUT2D eigenvalue weighted by Crippen LogP contribution is -2.12. The molecule has 0 radical (unpaired) electrons. The lowest BCUT2D eigenvalue weighted by molar-refractivity contribution is 0.100. The number of hydrogen-bond donors (Lipinski definition) is 7. The molecule has 0 spiro atoms. The van der Waals surface area contributed by atoms with Gasteiger partial charge in [0.2, 0.25) is 15.9 Å². The number of amides is 1. The van der Waals surface area contributed by atoms with Crippen molar-refractivity contribution in [3.8, 4) is 34.0 Å². The van der Waals surface area contributed by atoms with Crippen LogP contribution in [-0.2, 0) is 10.0 Å². The van der Waals surface area contributed by atoms with Crippen molar-refractivity contribution in [1.29, 1.82) is 5.41 Å². The lowest BCUT2D eigenvalue weighted by Gasteiger charge is -2.13. The highest BCUT2D eigenvalue weighted by atomic mass is 32.2. The molecule has 0 bridgehead atoms. The van der Waals surface area contributed by atoms with E-state index in [1.54, 1.807) is 18.2 Å². The van der Waals surface area contributed by atoms with Gasteiger partial charge in [-0.3, -0.25) is 10.2 Å². The van der Waals surface area contributed by atoms with E-state index in [1.165, 1.54) is 12.1 Å². The minimum atomic E-state index is -4.11. The van der Waals surface area contributed by atoms with Crippen molar-refractivity contribution in [2.75, 3.05) is 0 Å². The molecule has 4 rings (SSSR count). The number of rotatable bonds is 5. The first-order valence-corrected chi connectivity index (χ1v) is 10.9. The van der Waals surface area contributed by atoms with Crippen LogP contribution in [0, 0.1) is 5.41 Å². The SMILES string of the molecule is N=C(N)c1ccc2[nH]c(-c3cc(C(N)=O)cc(-c4cc(S(N)(=O)=O)ccc4O)c3O)nc2c1. The van der Waals surface area contributed by atoms with Gasteiger partial charge in [0, 0.05) is 22.3 Å². The number of nitrogens with zero attached hydrogens (tertiary/aromatic N) is 1. The second-order valence-corrected chi connectivity index (χ2v) is 8.80. The minimum absolute atomic E-state index is 0.0249. The summed E-state index contributed by atoms with van der Waals surface area (Å²) in [4.78, 5) is 19.1. The zero-order chi connectivity index (χ0) is 24.1. The summed E-state index contributed by atoms with van der Waals surface area (Å²) in [5, 5.41) is 34.1. The molecule has 10 N–H and O–H groups in total. The lowest BCUT2D eigenvalue weighted by atomic mass is 9.96. The van der Waals surface area contributed by atoms with Crippen LogP contribution >= 0.6 is 0 Å². The number of amidine groups is 1. The van der Waals surface area contributed by atoms with Crippen LogP contribution in [0.2, 0.25) is 0 Å². The van der Waals surface area contributed by atoms with Crippen molar-refractivity contribution >= 4 is 32.8 Å². The molecule has 3 aromatic carbocycles. The van der Waals surface area contributed by atoms with E-state index in [9.17, 15) is 23.4 Å². The highest BCUT2D eigenvalue weighted by molar-refractivity contribution is 7.89. The first-order valence-electron chi connectivity index (χ1n) is 9.33. The molecule has 0 atom stereocenters. The van der Waals surface area contributed by atoms with Crippen LogP contribution in [0.4, 0.5) is 0 Å². The standard InChI is InChI=1S/C21H18N6O5S/c22-19(23)9-1-3-15-16(7-9)27-21(26-15)14-6-10(20(24)30)5-13(18(14)29)12-8-11(33(25,31)32)2-4-17(12)28/h1-8,28-29H,(H3,22,23)(H2,24,30)(H,26,27)(H2,25,31,32). The average Bonchev–Trinajstić information content (AvgIpc) is 3.16. The number of nitrogens with two attached hydrogens (primary N) is 3. The molecule has 11 nitrogen and oxygen atoms in total. The maximum absolute atomic E-state index is 12.0. The third kappa shape index (κ3) is 3.95. The normalized spacial score (nSPS) is 11.5. The number of primary sulfonamides is 1. The molecule has 0 aliphatic carbocycles. The van der Waals surface area contributed by atoms with Gasteiger partial charge in [0.25, 0.3) is 0 Å². The summed E-state index contributed by atoms with van der Waals surface area (Å²) in [6.45, 7) is 0. The van der Waals surface area contributed by atoms with Crippen molar-refractivity contribution in [1.82, 2.24) is 9.97 Å². The highest BCUT2D eigenvalue weighted by Crippen LogP contribution is 2.42. The fourth-order valence-corrected chi connectivity index (χ4v) is 3.91. The van der Waals surface area contributed by atoms with Gasteiger partial charge in [-0.1, -0.05) is 0 Å². The van der Waals surface area contributed by atoms with Gasteiger partial charge >= 0.3 is 0 Å². The number of imidazole rings is 1. The maximum atomic E-state index is 12.0. The van der Waals surface area contributed by atoms with Crippen LogP contribution < -0.4 is 16.6 Å². The summed E-state index contributed by atoms with van der Waals surface area (Å²) >= 11 is 0. The number of carbonyl (C=O) groups excluding carboxylic acids is 1. The molecule has 0 fully saturated rings. The first kappa shape index (κ1) is 21.8. The Morgan fingerprint density at radius 2 is 1.64 bits per heavy atom. The molecule has 0 saturated carbocycles. The first-order chi connectivity index (χ1) is 15.5. The Balaban J connectivity index is 1.98. The summed E-state index contributed by atoms with van der Waals surface area (Å²) in [6.07, 6.45) is 0. The molecule has 1 amide bonds. The van der Waals surface area contributed by atoms with Crippen LogP contribution in [-0.4, -0.2) is 40.3 Å². The van der Waals surface area contributed by atoms with Gasteiger partial charge in [-0.25, -0.2) is 18.5 Å². The Morgan fingerprint density at radius 3 is 2.27 bits per heavy atom. The predicted molar refractivity (Wildman–Crippen MR) is 121 cm³/mol. The van der Waals surface area contributed by atoms with E-state index in [0.29, 0.717) is 16.6 Å². The number of nitrogen functional groups attached to an aromatic ring is 1. The summed E-state index contributed by atoms with van der Waals surface area (Å²) in [5.74, 6) is -1.56. The Labute approximate surface area is 187 Å². The number of nitrogens with one attached hydrogen (secondary N) is 2. The largest absolute Gasteiger partial charge is 0.507 e. The van der Waals surface area contributed by atoms with Crippen molar-refractivity contribution in [3.63, 3.8) is 0 Å². The van der Waals surface area contributed by atoms with Gasteiger partial charge in [-0.05, 0) is 48.5 Å². The van der Waals surface area contributed by atoms with Gasteiger partial charge in [0.05, 0.1) is 21.5 Å². The molecule has 4 aromatic rings. The molecule has 1 aromatic heterocycles. The van der Waals surface area contributed by atoms with Crippen molar-refractivity contribution in [2.24, 2.45) is 16.6 Å². The number of hydrogen-bond acceptors (Lipinski definition) is 7. The van der Waals surface area contributed by atoms with Gasteiger partial charge in [0.15, 0.2) is 0 Å². The van der Waals surface area contributed by atoms with Crippen LogP contribution in [0.3, 0.4) is 0 Å². The van der Waals surface area contributed by atoms with Crippen molar-refractivity contribution in [2.45, 2.75) is 4.90 Å². The monoisotopic (exact) mass is 466 g/mol. The number of H-pyrrole nitrogens is 1. The van der Waals surface area contributed by atoms with Gasteiger partial charge in [0.1, 0.15) is 23.2 Å². The molecule has 168 valence electrons. The molecule has 0 aliphatic heterocycles. The number of phenolic OH excluding ortho intramolecular Hbond substituents is 2. The van der Waals surface area contributed by atoms with E-state index >= 15 is 0 Å². The van der Waals surface area contributed by atoms with Crippen LogP contribution in [0.15, 0.2) is 53.4 Å². The summed E-state index contributed by atoms with van der Waals surface area (Å²) in [5.41, 5.74) is 12.3. The number of sulfonamides is 1.